The van der Waals surface area contributed by atoms with E-state index in [1.54, 1.807) is 30.9 Å². The van der Waals surface area contributed by atoms with Crippen molar-refractivity contribution in [1.82, 2.24) is 4.90 Å². The Hall–Kier alpha value is -1.40. The summed E-state index contributed by atoms with van der Waals surface area (Å²) in [6.45, 7) is 1.60. The van der Waals surface area contributed by atoms with E-state index in [1.165, 1.54) is 0 Å². The molecule has 1 fully saturated rings. The second-order valence-corrected chi connectivity index (χ2v) is 5.12. The molecular weight excluding hydrogens is 302 g/mol. The molecule has 1 heterocycles. The summed E-state index contributed by atoms with van der Waals surface area (Å²) in [5.41, 5.74) is 7.31. The molecule has 4 nitrogen and oxygen atoms in total. The summed E-state index contributed by atoms with van der Waals surface area (Å²) in [4.78, 5) is 14.0. The number of nitrogens with zero attached hydrogens (tertiary/aromatic N) is 1. The molecule has 0 bridgehead atoms. The highest BCUT2D eigenvalue weighted by Crippen LogP contribution is 2.27. The van der Waals surface area contributed by atoms with Crippen molar-refractivity contribution in [2.75, 3.05) is 13.1 Å². The van der Waals surface area contributed by atoms with Crippen LogP contribution in [0.4, 0.5) is 8.78 Å². The van der Waals surface area contributed by atoms with Crippen LogP contribution in [0, 0.1) is 13.8 Å². The maximum absolute atomic E-state index is 12.3. The molecule has 0 unspecified atom stereocenters. The second kappa shape index (κ2) is 7.04. The van der Waals surface area contributed by atoms with Gasteiger partial charge in [-0.05, 0) is 43.5 Å². The molecule has 1 amide bonds. The Balaban J connectivity index is 0.00000220. The zero-order chi connectivity index (χ0) is 14.9. The van der Waals surface area contributed by atoms with Crippen LogP contribution < -0.4 is 10.5 Å². The lowest BCUT2D eigenvalue weighted by Gasteiger charge is -2.18. The number of ether oxygens (including phenoxy) is 1. The van der Waals surface area contributed by atoms with Crippen molar-refractivity contribution in [3.05, 3.63) is 28.8 Å². The molecular formula is C14H19ClF2N2O2. The molecule has 1 aromatic carbocycles. The number of carbonyl (C=O) groups is 1. The van der Waals surface area contributed by atoms with E-state index in [4.69, 9.17) is 5.73 Å². The quantitative estimate of drug-likeness (QED) is 0.931. The van der Waals surface area contributed by atoms with Gasteiger partial charge in [-0.1, -0.05) is 0 Å². The van der Waals surface area contributed by atoms with Crippen molar-refractivity contribution in [3.63, 3.8) is 0 Å². The van der Waals surface area contributed by atoms with Crippen molar-refractivity contribution < 1.29 is 18.3 Å². The largest absolute Gasteiger partial charge is 0.434 e. The van der Waals surface area contributed by atoms with Crippen LogP contribution in [0.1, 0.15) is 27.9 Å². The summed E-state index contributed by atoms with van der Waals surface area (Å²) >= 11 is 0. The van der Waals surface area contributed by atoms with Gasteiger partial charge in [0.15, 0.2) is 0 Å². The third kappa shape index (κ3) is 4.04. The maximum atomic E-state index is 12.3. The Labute approximate surface area is 128 Å². The monoisotopic (exact) mass is 320 g/mol. The van der Waals surface area contributed by atoms with Gasteiger partial charge in [-0.15, -0.1) is 12.4 Å². The highest BCUT2D eigenvalue weighted by Gasteiger charge is 2.25. The lowest BCUT2D eigenvalue weighted by Crippen LogP contribution is -2.32. The van der Waals surface area contributed by atoms with Gasteiger partial charge in [0.2, 0.25) is 0 Å². The minimum Gasteiger partial charge on any atom is -0.434 e. The van der Waals surface area contributed by atoms with Crippen molar-refractivity contribution in [1.29, 1.82) is 0 Å². The van der Waals surface area contributed by atoms with E-state index in [1.807, 2.05) is 0 Å². The van der Waals surface area contributed by atoms with Gasteiger partial charge in [0.05, 0.1) is 0 Å². The van der Waals surface area contributed by atoms with Crippen LogP contribution in [0.15, 0.2) is 12.1 Å². The van der Waals surface area contributed by atoms with Gasteiger partial charge in [-0.2, -0.15) is 8.78 Å². The first kappa shape index (κ1) is 17.7. The topological polar surface area (TPSA) is 55.6 Å². The first-order chi connectivity index (χ1) is 9.38. The number of halogens is 3. The number of alkyl halides is 2. The average Bonchev–Trinajstić information content (AvgIpc) is 2.79. The van der Waals surface area contributed by atoms with E-state index in [0.717, 1.165) is 6.42 Å². The number of benzene rings is 1. The first-order valence-corrected chi connectivity index (χ1v) is 6.49. The van der Waals surface area contributed by atoms with Crippen molar-refractivity contribution in [3.8, 4) is 5.75 Å². The summed E-state index contributed by atoms with van der Waals surface area (Å²) in [6.07, 6.45) is 0.788. The Morgan fingerprint density at radius 2 is 1.95 bits per heavy atom. The predicted octanol–water partition coefficient (Wildman–Crippen LogP) is 2.50. The van der Waals surface area contributed by atoms with E-state index >= 15 is 0 Å². The summed E-state index contributed by atoms with van der Waals surface area (Å²) in [7, 11) is 0. The van der Waals surface area contributed by atoms with Gasteiger partial charge in [0, 0.05) is 24.7 Å². The molecule has 1 saturated heterocycles. The standard InChI is InChI=1S/C14H18F2N2O2.ClH/c1-8-5-10(6-9(2)12(8)20-14(15)16)13(19)18-4-3-11(17)7-18;/h5-6,11,14H,3-4,7,17H2,1-2H3;1H/t11-;/m1./s1. The smallest absolute Gasteiger partial charge is 0.387 e. The molecule has 1 atom stereocenters. The lowest BCUT2D eigenvalue weighted by molar-refractivity contribution is -0.0507. The number of aryl methyl sites for hydroxylation is 2. The molecule has 0 aromatic heterocycles. The summed E-state index contributed by atoms with van der Waals surface area (Å²) in [5.74, 6) is 0.0161. The zero-order valence-electron chi connectivity index (χ0n) is 11.9. The van der Waals surface area contributed by atoms with E-state index in [0.29, 0.717) is 29.8 Å². The third-order valence-electron chi connectivity index (χ3n) is 3.43. The number of hydrogen-bond donors (Lipinski definition) is 1. The third-order valence-corrected chi connectivity index (χ3v) is 3.43. The van der Waals surface area contributed by atoms with E-state index < -0.39 is 6.61 Å². The van der Waals surface area contributed by atoms with E-state index in [-0.39, 0.29) is 30.1 Å². The Kier molecular flexibility index (Phi) is 5.92. The number of nitrogens with two attached hydrogens (primary N) is 1. The van der Waals surface area contributed by atoms with Gasteiger partial charge >= 0.3 is 6.61 Å². The van der Waals surface area contributed by atoms with Crippen LogP contribution in [0.5, 0.6) is 5.75 Å². The van der Waals surface area contributed by atoms with Crippen LogP contribution in [0.25, 0.3) is 0 Å². The lowest BCUT2D eigenvalue weighted by atomic mass is 10.0. The number of likely N-dealkylation sites (tertiary alicyclic amines) is 1. The normalized spacial score (nSPS) is 17.8. The van der Waals surface area contributed by atoms with Crippen LogP contribution >= 0.6 is 12.4 Å². The SMILES string of the molecule is Cc1cc(C(=O)N2CC[C@@H](N)C2)cc(C)c1OC(F)F.Cl. The van der Waals surface area contributed by atoms with Gasteiger partial charge in [-0.25, -0.2) is 0 Å². The molecule has 1 aliphatic rings. The molecule has 0 aliphatic carbocycles. The highest BCUT2D eigenvalue weighted by molar-refractivity contribution is 5.95. The fraction of sp³-hybridized carbons (Fsp3) is 0.500. The predicted molar refractivity (Wildman–Crippen MR) is 78.3 cm³/mol. The molecule has 118 valence electrons. The molecule has 0 saturated carbocycles. The fourth-order valence-electron chi connectivity index (χ4n) is 2.50. The molecule has 0 radical (unpaired) electrons. The van der Waals surface area contributed by atoms with Crippen molar-refractivity contribution >= 4 is 18.3 Å². The first-order valence-electron chi connectivity index (χ1n) is 6.49. The van der Waals surface area contributed by atoms with E-state index in [2.05, 4.69) is 4.74 Å². The van der Waals surface area contributed by atoms with Crippen LogP contribution in [0.2, 0.25) is 0 Å². The molecule has 1 aliphatic heterocycles. The molecule has 7 heteroatoms. The number of amides is 1. The minimum absolute atomic E-state index is 0. The molecule has 21 heavy (non-hydrogen) atoms. The zero-order valence-corrected chi connectivity index (χ0v) is 12.8. The maximum Gasteiger partial charge on any atom is 0.387 e. The minimum atomic E-state index is -2.87. The summed E-state index contributed by atoms with van der Waals surface area (Å²) in [5, 5.41) is 0. The molecule has 2 rings (SSSR count). The van der Waals surface area contributed by atoms with Gasteiger partial charge in [0.1, 0.15) is 5.75 Å². The summed E-state index contributed by atoms with van der Waals surface area (Å²) < 4.78 is 29.1. The van der Waals surface area contributed by atoms with Gasteiger partial charge < -0.3 is 15.4 Å². The Bertz CT molecular complexity index is 503. The average molecular weight is 321 g/mol. The fourth-order valence-corrected chi connectivity index (χ4v) is 2.50. The number of carbonyl (C=O) groups excluding carboxylic acids is 1. The molecule has 1 aromatic rings. The van der Waals surface area contributed by atoms with Gasteiger partial charge in [-0.3, -0.25) is 4.79 Å². The van der Waals surface area contributed by atoms with Crippen LogP contribution in [-0.4, -0.2) is 36.5 Å². The number of hydrogen-bond acceptors (Lipinski definition) is 3. The molecule has 0 spiro atoms. The second-order valence-electron chi connectivity index (χ2n) is 5.12. The van der Waals surface area contributed by atoms with Crippen LogP contribution in [0.3, 0.4) is 0 Å². The van der Waals surface area contributed by atoms with E-state index in [9.17, 15) is 13.6 Å². The summed E-state index contributed by atoms with van der Waals surface area (Å²) in [6, 6.07) is 3.18. The van der Waals surface area contributed by atoms with Crippen LogP contribution in [-0.2, 0) is 0 Å². The van der Waals surface area contributed by atoms with Crippen molar-refractivity contribution in [2.24, 2.45) is 5.73 Å². The Morgan fingerprint density at radius 1 is 1.38 bits per heavy atom. The van der Waals surface area contributed by atoms with Crippen molar-refractivity contribution in [2.45, 2.75) is 32.9 Å². The van der Waals surface area contributed by atoms with Gasteiger partial charge in [0.25, 0.3) is 5.91 Å². The highest BCUT2D eigenvalue weighted by atomic mass is 35.5. The number of rotatable bonds is 3. The Morgan fingerprint density at radius 3 is 2.38 bits per heavy atom. The molecule has 2 N–H and O–H groups in total.